The number of carboxylic acids is 1. The minimum atomic E-state index is -1.01. The second-order valence-electron chi connectivity index (χ2n) is 4.82. The van der Waals surface area contributed by atoms with E-state index in [1.54, 1.807) is 24.3 Å². The number of furan rings is 1. The fourth-order valence-corrected chi connectivity index (χ4v) is 1.95. The molecule has 5 N–H and O–H groups in total. The standard InChI is InChI=1S/C15H12N6O4/c16-13(12-14(17)21-25-20-12)19-18-7-10-4-5-11(24-10)8-2-1-3-9(6-8)15(22)23/h1-7H,(H2,16,19)(H2,17,21)(H,22,23)/b18-7-. The Morgan fingerprint density at radius 1 is 1.24 bits per heavy atom. The zero-order valence-electron chi connectivity index (χ0n) is 12.7. The third-order valence-electron chi connectivity index (χ3n) is 3.13. The molecule has 0 unspecified atom stereocenters. The van der Waals surface area contributed by atoms with Crippen LogP contribution in [0.2, 0.25) is 0 Å². The van der Waals surface area contributed by atoms with Crippen molar-refractivity contribution < 1.29 is 18.9 Å². The van der Waals surface area contributed by atoms with Gasteiger partial charge in [0.15, 0.2) is 17.3 Å². The SMILES string of the molecule is NC(=N/N=C\c1ccc(-c2cccc(C(=O)O)c2)o1)c1nonc1N. The average molecular weight is 340 g/mol. The van der Waals surface area contributed by atoms with E-state index in [1.165, 1.54) is 18.3 Å². The molecule has 10 nitrogen and oxygen atoms in total. The number of nitrogens with two attached hydrogens (primary N) is 2. The van der Waals surface area contributed by atoms with Gasteiger partial charge in [0.25, 0.3) is 0 Å². The summed E-state index contributed by atoms with van der Waals surface area (Å²) in [7, 11) is 0. The van der Waals surface area contributed by atoms with Crippen LogP contribution in [0.3, 0.4) is 0 Å². The van der Waals surface area contributed by atoms with Gasteiger partial charge in [-0.3, -0.25) is 0 Å². The van der Waals surface area contributed by atoms with Gasteiger partial charge in [-0.1, -0.05) is 12.1 Å². The van der Waals surface area contributed by atoms with E-state index in [4.69, 9.17) is 21.0 Å². The lowest BCUT2D eigenvalue weighted by Gasteiger charge is -1.98. The Kier molecular flexibility index (Phi) is 4.24. The molecule has 1 aromatic carbocycles. The lowest BCUT2D eigenvalue weighted by atomic mass is 10.1. The summed E-state index contributed by atoms with van der Waals surface area (Å²) in [6.45, 7) is 0. The monoisotopic (exact) mass is 340 g/mol. The number of nitrogen functional groups attached to an aromatic ring is 1. The molecule has 2 aromatic heterocycles. The van der Waals surface area contributed by atoms with Gasteiger partial charge in [0.1, 0.15) is 11.5 Å². The van der Waals surface area contributed by atoms with Crippen molar-refractivity contribution in [3.63, 3.8) is 0 Å². The zero-order valence-corrected chi connectivity index (χ0v) is 12.7. The molecule has 0 aliphatic heterocycles. The molecule has 0 spiro atoms. The summed E-state index contributed by atoms with van der Waals surface area (Å²) >= 11 is 0. The van der Waals surface area contributed by atoms with Crippen molar-refractivity contribution in [2.75, 3.05) is 5.73 Å². The molecule has 0 radical (unpaired) electrons. The first-order chi connectivity index (χ1) is 12.0. The smallest absolute Gasteiger partial charge is 0.335 e. The van der Waals surface area contributed by atoms with E-state index in [0.717, 1.165) is 0 Å². The predicted molar refractivity (Wildman–Crippen MR) is 88.1 cm³/mol. The van der Waals surface area contributed by atoms with Crippen LogP contribution in [0.15, 0.2) is 55.6 Å². The zero-order chi connectivity index (χ0) is 17.8. The maximum Gasteiger partial charge on any atom is 0.335 e. The van der Waals surface area contributed by atoms with Gasteiger partial charge in [0, 0.05) is 5.56 Å². The Morgan fingerprint density at radius 3 is 2.80 bits per heavy atom. The van der Waals surface area contributed by atoms with Crippen LogP contribution in [0.1, 0.15) is 21.8 Å². The van der Waals surface area contributed by atoms with Crippen LogP contribution < -0.4 is 11.5 Å². The number of rotatable bonds is 5. The molecule has 0 saturated carbocycles. The Balaban J connectivity index is 1.77. The largest absolute Gasteiger partial charge is 0.478 e. The average Bonchev–Trinajstić information content (AvgIpc) is 3.24. The highest BCUT2D eigenvalue weighted by atomic mass is 16.6. The molecule has 3 rings (SSSR count). The van der Waals surface area contributed by atoms with Gasteiger partial charge in [-0.25, -0.2) is 9.42 Å². The molecule has 0 bridgehead atoms. The number of nitrogens with zero attached hydrogens (tertiary/aromatic N) is 4. The second kappa shape index (κ2) is 6.66. The van der Waals surface area contributed by atoms with Crippen LogP contribution in [0.25, 0.3) is 11.3 Å². The molecular formula is C15H12N6O4. The Labute approximate surface area is 140 Å². The van der Waals surface area contributed by atoms with Crippen molar-refractivity contribution in [3.05, 3.63) is 53.4 Å². The molecule has 2 heterocycles. The van der Waals surface area contributed by atoms with E-state index >= 15 is 0 Å². The fraction of sp³-hybridized carbons (Fsp3) is 0. The van der Waals surface area contributed by atoms with Crippen LogP contribution in [0.4, 0.5) is 5.82 Å². The summed E-state index contributed by atoms with van der Waals surface area (Å²) in [5.74, 6) is -0.169. The van der Waals surface area contributed by atoms with E-state index < -0.39 is 5.97 Å². The molecule has 25 heavy (non-hydrogen) atoms. The number of benzene rings is 1. The summed E-state index contributed by atoms with van der Waals surface area (Å²) in [6, 6.07) is 9.73. The molecule has 0 fully saturated rings. The summed E-state index contributed by atoms with van der Waals surface area (Å²) < 4.78 is 9.99. The highest BCUT2D eigenvalue weighted by Crippen LogP contribution is 2.22. The Morgan fingerprint density at radius 2 is 2.08 bits per heavy atom. The number of aromatic nitrogens is 2. The quantitative estimate of drug-likeness (QED) is 0.355. The number of hydrogen-bond acceptors (Lipinski definition) is 8. The number of hydrogen-bond donors (Lipinski definition) is 3. The molecule has 3 aromatic rings. The molecule has 0 aliphatic rings. The van der Waals surface area contributed by atoms with Crippen molar-refractivity contribution in [1.29, 1.82) is 0 Å². The minimum absolute atomic E-state index is 0.00930. The highest BCUT2D eigenvalue weighted by Gasteiger charge is 2.10. The molecule has 0 aliphatic carbocycles. The number of carbonyl (C=O) groups is 1. The van der Waals surface area contributed by atoms with Crippen LogP contribution in [0.5, 0.6) is 0 Å². The molecule has 126 valence electrons. The van der Waals surface area contributed by atoms with E-state index in [0.29, 0.717) is 17.1 Å². The first-order valence-electron chi connectivity index (χ1n) is 6.93. The van der Waals surface area contributed by atoms with Gasteiger partial charge in [-0.05, 0) is 34.6 Å². The summed E-state index contributed by atoms with van der Waals surface area (Å²) in [5, 5.41) is 23.4. The van der Waals surface area contributed by atoms with E-state index in [9.17, 15) is 4.79 Å². The van der Waals surface area contributed by atoms with Crippen molar-refractivity contribution in [2.24, 2.45) is 15.9 Å². The molecule has 10 heteroatoms. The van der Waals surface area contributed by atoms with Crippen molar-refractivity contribution in [2.45, 2.75) is 0 Å². The molecule has 0 atom stereocenters. The van der Waals surface area contributed by atoms with Gasteiger partial charge in [-0.2, -0.15) is 5.10 Å². The normalized spacial score (nSPS) is 11.9. The second-order valence-corrected chi connectivity index (χ2v) is 4.82. The Hall–Kier alpha value is -3.95. The van der Waals surface area contributed by atoms with Crippen molar-refractivity contribution >= 4 is 23.8 Å². The number of anilines is 1. The predicted octanol–water partition coefficient (Wildman–Crippen LogP) is 1.35. The molecular weight excluding hydrogens is 328 g/mol. The van der Waals surface area contributed by atoms with Gasteiger partial charge < -0.3 is 21.0 Å². The lowest BCUT2D eigenvalue weighted by Crippen LogP contribution is -2.15. The first kappa shape index (κ1) is 15.9. The Bertz CT molecular complexity index is 972. The van der Waals surface area contributed by atoms with Gasteiger partial charge in [0.05, 0.1) is 11.8 Å². The summed E-state index contributed by atoms with van der Waals surface area (Å²) in [4.78, 5) is 11.0. The minimum Gasteiger partial charge on any atom is -0.478 e. The van der Waals surface area contributed by atoms with Crippen LogP contribution in [-0.2, 0) is 0 Å². The van der Waals surface area contributed by atoms with Crippen LogP contribution in [-0.4, -0.2) is 33.4 Å². The summed E-state index contributed by atoms with van der Waals surface area (Å²) in [6.07, 6.45) is 1.33. The van der Waals surface area contributed by atoms with E-state index in [2.05, 4.69) is 25.1 Å². The molecule has 0 saturated heterocycles. The fourth-order valence-electron chi connectivity index (χ4n) is 1.95. The molecule has 0 amide bonds. The van der Waals surface area contributed by atoms with E-state index in [-0.39, 0.29) is 22.9 Å². The van der Waals surface area contributed by atoms with Gasteiger partial charge >= 0.3 is 5.97 Å². The third-order valence-corrected chi connectivity index (χ3v) is 3.13. The highest BCUT2D eigenvalue weighted by molar-refractivity contribution is 5.99. The summed E-state index contributed by atoms with van der Waals surface area (Å²) in [5.41, 5.74) is 12.0. The van der Waals surface area contributed by atoms with E-state index in [1.807, 2.05) is 0 Å². The third kappa shape index (κ3) is 3.52. The maximum absolute atomic E-state index is 11.0. The van der Waals surface area contributed by atoms with Crippen molar-refractivity contribution in [3.8, 4) is 11.3 Å². The number of amidine groups is 1. The number of carboxylic acid groups (broad SMARTS) is 1. The maximum atomic E-state index is 11.0. The topological polar surface area (TPSA) is 166 Å². The van der Waals surface area contributed by atoms with Crippen LogP contribution in [0, 0.1) is 0 Å². The first-order valence-corrected chi connectivity index (χ1v) is 6.93. The van der Waals surface area contributed by atoms with Gasteiger partial charge in [0.2, 0.25) is 0 Å². The lowest BCUT2D eigenvalue weighted by molar-refractivity contribution is 0.0697. The van der Waals surface area contributed by atoms with Crippen LogP contribution >= 0.6 is 0 Å². The van der Waals surface area contributed by atoms with Crippen molar-refractivity contribution in [1.82, 2.24) is 10.3 Å². The van der Waals surface area contributed by atoms with Gasteiger partial charge in [-0.15, -0.1) is 5.10 Å². The number of aromatic carboxylic acids is 1.